The Morgan fingerprint density at radius 1 is 1.14 bits per heavy atom. The Hall–Kier alpha value is -2.32. The molecule has 0 aliphatic rings. The zero-order valence-corrected chi connectivity index (χ0v) is 17.3. The van der Waals surface area contributed by atoms with Gasteiger partial charge in [-0.05, 0) is 54.8 Å². The van der Waals surface area contributed by atoms with E-state index in [1.165, 1.54) is 16.9 Å². The summed E-state index contributed by atoms with van der Waals surface area (Å²) in [5.41, 5.74) is 2.17. The lowest BCUT2D eigenvalue weighted by atomic mass is 10.2. The van der Waals surface area contributed by atoms with Gasteiger partial charge in [0.1, 0.15) is 11.6 Å². The van der Waals surface area contributed by atoms with Crippen molar-refractivity contribution in [2.24, 2.45) is 4.99 Å². The summed E-state index contributed by atoms with van der Waals surface area (Å²) in [5, 5.41) is 0. The van der Waals surface area contributed by atoms with Gasteiger partial charge in [0.05, 0.1) is 15.1 Å². The van der Waals surface area contributed by atoms with Gasteiger partial charge >= 0.3 is 0 Å². The smallest absolute Gasteiger partial charge is 0.263 e. The number of aryl methyl sites for hydroxylation is 2. The number of sulfone groups is 1. The normalized spacial score (nSPS) is 12.6. The SMILES string of the molecule is CCCn1c(=NC(=O)CS(=O)(=O)c2ccc(F)cc2)sc2cc(CC)ccc21. The summed E-state index contributed by atoms with van der Waals surface area (Å²) < 4.78 is 40.8. The second-order valence-corrected chi connectivity index (χ2v) is 9.41. The molecule has 0 atom stereocenters. The maximum absolute atomic E-state index is 13.0. The molecule has 0 unspecified atom stereocenters. The highest BCUT2D eigenvalue weighted by Gasteiger charge is 2.19. The first kappa shape index (κ1) is 20.4. The quantitative estimate of drug-likeness (QED) is 0.571. The van der Waals surface area contributed by atoms with E-state index in [0.717, 1.165) is 47.3 Å². The minimum atomic E-state index is -3.88. The first-order valence-electron chi connectivity index (χ1n) is 9.02. The summed E-state index contributed by atoms with van der Waals surface area (Å²) in [6.07, 6.45) is 1.76. The molecule has 28 heavy (non-hydrogen) atoms. The van der Waals surface area contributed by atoms with Crippen molar-refractivity contribution in [2.75, 3.05) is 5.75 Å². The molecule has 3 aromatic rings. The van der Waals surface area contributed by atoms with E-state index in [0.29, 0.717) is 11.3 Å². The largest absolute Gasteiger partial charge is 0.316 e. The van der Waals surface area contributed by atoms with Crippen molar-refractivity contribution in [1.29, 1.82) is 0 Å². The van der Waals surface area contributed by atoms with Crippen molar-refractivity contribution in [3.8, 4) is 0 Å². The third kappa shape index (κ3) is 4.39. The topological polar surface area (TPSA) is 68.5 Å². The van der Waals surface area contributed by atoms with Crippen molar-refractivity contribution in [3.63, 3.8) is 0 Å². The van der Waals surface area contributed by atoms with Crippen molar-refractivity contribution in [2.45, 2.75) is 38.1 Å². The molecule has 5 nitrogen and oxygen atoms in total. The lowest BCUT2D eigenvalue weighted by molar-refractivity contribution is -0.115. The van der Waals surface area contributed by atoms with Crippen LogP contribution in [-0.2, 0) is 27.6 Å². The van der Waals surface area contributed by atoms with Gasteiger partial charge in [-0.15, -0.1) is 0 Å². The van der Waals surface area contributed by atoms with Crippen LogP contribution in [0.4, 0.5) is 4.39 Å². The number of carbonyl (C=O) groups excluding carboxylic acids is 1. The third-order valence-corrected chi connectivity index (χ3v) is 6.97. The van der Waals surface area contributed by atoms with Gasteiger partial charge in [-0.25, -0.2) is 12.8 Å². The van der Waals surface area contributed by atoms with Crippen molar-refractivity contribution < 1.29 is 17.6 Å². The minimum absolute atomic E-state index is 0.0946. The number of hydrogen-bond acceptors (Lipinski definition) is 4. The van der Waals surface area contributed by atoms with Gasteiger partial charge in [-0.2, -0.15) is 4.99 Å². The van der Waals surface area contributed by atoms with E-state index < -0.39 is 27.3 Å². The van der Waals surface area contributed by atoms with Crippen LogP contribution >= 0.6 is 11.3 Å². The molecular formula is C20H21FN2O3S2. The molecule has 1 heterocycles. The average Bonchev–Trinajstić information content (AvgIpc) is 2.98. The van der Waals surface area contributed by atoms with Crippen molar-refractivity contribution in [1.82, 2.24) is 4.57 Å². The van der Waals surface area contributed by atoms with E-state index in [1.807, 2.05) is 23.6 Å². The predicted molar refractivity (Wildman–Crippen MR) is 109 cm³/mol. The Bertz CT molecular complexity index is 1180. The van der Waals surface area contributed by atoms with E-state index in [4.69, 9.17) is 0 Å². The van der Waals surface area contributed by atoms with Gasteiger partial charge in [0.15, 0.2) is 14.6 Å². The van der Waals surface area contributed by atoms with Crippen LogP contribution in [0.5, 0.6) is 0 Å². The second kappa shape index (κ2) is 8.36. The zero-order valence-electron chi connectivity index (χ0n) is 15.7. The molecule has 0 radical (unpaired) electrons. The number of thiazole rings is 1. The number of fused-ring (bicyclic) bond motifs is 1. The van der Waals surface area contributed by atoms with Crippen LogP contribution in [0.15, 0.2) is 52.4 Å². The van der Waals surface area contributed by atoms with Gasteiger partial charge in [-0.1, -0.05) is 31.3 Å². The molecule has 0 saturated heterocycles. The number of rotatable bonds is 6. The van der Waals surface area contributed by atoms with E-state index in [1.54, 1.807) is 0 Å². The maximum Gasteiger partial charge on any atom is 0.263 e. The number of benzene rings is 2. The van der Waals surface area contributed by atoms with Crippen LogP contribution in [0.25, 0.3) is 10.2 Å². The lowest BCUT2D eigenvalue weighted by Gasteiger charge is -2.04. The number of carbonyl (C=O) groups is 1. The third-order valence-electron chi connectivity index (χ3n) is 4.31. The molecule has 0 aliphatic heterocycles. The van der Waals surface area contributed by atoms with Gasteiger partial charge in [0.25, 0.3) is 5.91 Å². The highest BCUT2D eigenvalue weighted by atomic mass is 32.2. The fourth-order valence-corrected chi connectivity index (χ4v) is 5.13. The highest BCUT2D eigenvalue weighted by Crippen LogP contribution is 2.20. The Balaban J connectivity index is 1.97. The molecule has 8 heteroatoms. The van der Waals surface area contributed by atoms with E-state index in [9.17, 15) is 17.6 Å². The van der Waals surface area contributed by atoms with Crippen molar-refractivity contribution in [3.05, 3.63) is 58.6 Å². The fourth-order valence-electron chi connectivity index (χ4n) is 2.89. The first-order chi connectivity index (χ1) is 13.3. The molecule has 0 saturated carbocycles. The Morgan fingerprint density at radius 3 is 2.50 bits per heavy atom. The highest BCUT2D eigenvalue weighted by molar-refractivity contribution is 7.92. The van der Waals surface area contributed by atoms with Gasteiger partial charge in [-0.3, -0.25) is 4.79 Å². The summed E-state index contributed by atoms with van der Waals surface area (Å²) >= 11 is 1.38. The summed E-state index contributed by atoms with van der Waals surface area (Å²) in [6, 6.07) is 10.6. The Labute approximate surface area is 167 Å². The van der Waals surface area contributed by atoms with E-state index >= 15 is 0 Å². The van der Waals surface area contributed by atoms with Gasteiger partial charge in [0, 0.05) is 6.54 Å². The maximum atomic E-state index is 13.0. The van der Waals surface area contributed by atoms with Crippen LogP contribution < -0.4 is 4.80 Å². The Morgan fingerprint density at radius 2 is 1.86 bits per heavy atom. The van der Waals surface area contributed by atoms with Crippen molar-refractivity contribution >= 4 is 37.3 Å². The average molecular weight is 421 g/mol. The summed E-state index contributed by atoms with van der Waals surface area (Å²) in [4.78, 5) is 16.9. The number of aromatic nitrogens is 1. The Kier molecular flexibility index (Phi) is 6.10. The van der Waals surface area contributed by atoms with Crippen LogP contribution in [0.2, 0.25) is 0 Å². The van der Waals surface area contributed by atoms with E-state index in [2.05, 4.69) is 18.0 Å². The monoisotopic (exact) mass is 420 g/mol. The molecule has 0 N–H and O–H groups in total. The number of nitrogens with zero attached hydrogens (tertiary/aromatic N) is 2. The lowest BCUT2D eigenvalue weighted by Crippen LogP contribution is -2.21. The van der Waals surface area contributed by atoms with Crippen LogP contribution in [0.3, 0.4) is 0 Å². The molecule has 1 amide bonds. The number of amides is 1. The molecule has 0 spiro atoms. The molecule has 0 bridgehead atoms. The zero-order chi connectivity index (χ0) is 20.3. The molecule has 0 fully saturated rings. The molecule has 148 valence electrons. The fraction of sp³-hybridized carbons (Fsp3) is 0.300. The standard InChI is InChI=1S/C20H21FN2O3S2/c1-3-11-23-17-10-5-14(4-2)12-18(17)27-20(23)22-19(24)13-28(25,26)16-8-6-15(21)7-9-16/h5-10,12H,3-4,11,13H2,1-2H3. The van der Waals surface area contributed by atoms with Crippen LogP contribution in [-0.4, -0.2) is 24.6 Å². The number of halogens is 1. The summed E-state index contributed by atoms with van der Waals surface area (Å²) in [7, 11) is -3.88. The van der Waals surface area contributed by atoms with Gasteiger partial charge in [0.2, 0.25) is 0 Å². The molecule has 2 aromatic carbocycles. The summed E-state index contributed by atoms with van der Waals surface area (Å²) in [5.74, 6) is -2.03. The molecule has 1 aromatic heterocycles. The molecule has 0 aliphatic carbocycles. The van der Waals surface area contributed by atoms with E-state index in [-0.39, 0.29) is 4.90 Å². The van der Waals surface area contributed by atoms with Crippen LogP contribution in [0.1, 0.15) is 25.8 Å². The first-order valence-corrected chi connectivity index (χ1v) is 11.5. The number of hydrogen-bond donors (Lipinski definition) is 0. The van der Waals surface area contributed by atoms with Crippen LogP contribution in [0, 0.1) is 5.82 Å². The molecule has 3 rings (SSSR count). The minimum Gasteiger partial charge on any atom is -0.316 e. The predicted octanol–water partition coefficient (Wildman–Crippen LogP) is 3.72. The van der Waals surface area contributed by atoms with Gasteiger partial charge < -0.3 is 4.57 Å². The second-order valence-electron chi connectivity index (χ2n) is 6.41. The summed E-state index contributed by atoms with van der Waals surface area (Å²) in [6.45, 7) is 4.79. The molecular weight excluding hydrogens is 399 g/mol.